The Bertz CT molecular complexity index is 305. The summed E-state index contributed by atoms with van der Waals surface area (Å²) in [6.45, 7) is 0.383. The predicted octanol–water partition coefficient (Wildman–Crippen LogP) is 1.28. The summed E-state index contributed by atoms with van der Waals surface area (Å²) < 4.78 is 10.1. The summed E-state index contributed by atoms with van der Waals surface area (Å²) >= 11 is 0. The number of hydrogen-bond donors (Lipinski definition) is 0. The van der Waals surface area contributed by atoms with E-state index in [1.54, 1.807) is 0 Å². The molecule has 16 heavy (non-hydrogen) atoms. The zero-order valence-electron chi connectivity index (χ0n) is 9.19. The van der Waals surface area contributed by atoms with Crippen LogP contribution in [0, 0.1) is 17.8 Å². The Hall–Kier alpha value is -1.06. The van der Waals surface area contributed by atoms with Crippen LogP contribution in [0.2, 0.25) is 0 Å². The summed E-state index contributed by atoms with van der Waals surface area (Å²) in [5.74, 6) is 0.547. The molecule has 0 aromatic rings. The topological polar surface area (TPSA) is 52.6 Å². The van der Waals surface area contributed by atoms with Crippen LogP contribution in [0.5, 0.6) is 0 Å². The van der Waals surface area contributed by atoms with Crippen molar-refractivity contribution < 1.29 is 19.1 Å². The van der Waals surface area contributed by atoms with Crippen molar-refractivity contribution in [2.24, 2.45) is 17.8 Å². The largest absolute Gasteiger partial charge is 0.463 e. The third kappa shape index (κ3) is 1.51. The highest BCUT2D eigenvalue weighted by Gasteiger charge is 2.47. The molecule has 1 saturated heterocycles. The lowest BCUT2D eigenvalue weighted by Gasteiger charge is -2.16. The molecule has 1 unspecified atom stereocenters. The average Bonchev–Trinajstić information content (AvgIpc) is 2.95. The minimum absolute atomic E-state index is 0.0633. The first-order valence-corrected chi connectivity index (χ1v) is 6.13. The smallest absolute Gasteiger partial charge is 0.347 e. The maximum Gasteiger partial charge on any atom is 0.347 e. The van der Waals surface area contributed by atoms with Gasteiger partial charge in [0.25, 0.3) is 0 Å². The first kappa shape index (κ1) is 10.1. The van der Waals surface area contributed by atoms with E-state index in [9.17, 15) is 9.59 Å². The Morgan fingerprint density at radius 2 is 1.75 bits per heavy atom. The van der Waals surface area contributed by atoms with Crippen LogP contribution < -0.4 is 0 Å². The minimum atomic E-state index is -0.632. The number of rotatable bonds is 2. The second-order valence-electron chi connectivity index (χ2n) is 5.08. The highest BCUT2D eigenvalue weighted by Crippen LogP contribution is 2.49. The van der Waals surface area contributed by atoms with Gasteiger partial charge in [0.05, 0.1) is 12.5 Å². The number of ether oxygens (including phenoxy) is 2. The molecule has 1 aliphatic heterocycles. The lowest BCUT2D eigenvalue weighted by atomic mass is 9.98. The van der Waals surface area contributed by atoms with Gasteiger partial charge in [0.15, 0.2) is 0 Å². The van der Waals surface area contributed by atoms with Gasteiger partial charge in [-0.15, -0.1) is 0 Å². The van der Waals surface area contributed by atoms with Gasteiger partial charge in [-0.3, -0.25) is 4.79 Å². The molecule has 0 radical (unpaired) electrons. The van der Waals surface area contributed by atoms with E-state index in [1.807, 2.05) is 0 Å². The minimum Gasteiger partial charge on any atom is -0.463 e. The summed E-state index contributed by atoms with van der Waals surface area (Å²) in [5, 5.41) is 0. The molecule has 2 aliphatic carbocycles. The second kappa shape index (κ2) is 3.75. The van der Waals surface area contributed by atoms with E-state index in [1.165, 1.54) is 0 Å². The van der Waals surface area contributed by atoms with Crippen molar-refractivity contribution in [3.63, 3.8) is 0 Å². The van der Waals surface area contributed by atoms with E-state index in [4.69, 9.17) is 9.47 Å². The van der Waals surface area contributed by atoms with Crippen LogP contribution in [0.15, 0.2) is 0 Å². The van der Waals surface area contributed by atoms with Gasteiger partial charge in [-0.05, 0) is 37.5 Å². The van der Waals surface area contributed by atoms with Gasteiger partial charge >= 0.3 is 11.9 Å². The van der Waals surface area contributed by atoms with Gasteiger partial charge in [-0.2, -0.15) is 0 Å². The Labute approximate surface area is 94.3 Å². The summed E-state index contributed by atoms with van der Waals surface area (Å²) in [7, 11) is 0. The van der Waals surface area contributed by atoms with Crippen LogP contribution in [-0.2, 0) is 19.1 Å². The molecule has 88 valence electrons. The molecule has 1 atom stereocenters. The average molecular weight is 224 g/mol. The van der Waals surface area contributed by atoms with Crippen molar-refractivity contribution in [3.8, 4) is 0 Å². The van der Waals surface area contributed by atoms with Crippen LogP contribution in [0.3, 0.4) is 0 Å². The molecule has 0 N–H and O–H groups in total. The van der Waals surface area contributed by atoms with E-state index < -0.39 is 6.10 Å². The van der Waals surface area contributed by atoms with Crippen LogP contribution in [0.25, 0.3) is 0 Å². The molecule has 3 aliphatic rings. The first-order chi connectivity index (χ1) is 7.75. The monoisotopic (exact) mass is 224 g/mol. The first-order valence-electron chi connectivity index (χ1n) is 6.13. The molecule has 0 spiro atoms. The zero-order valence-corrected chi connectivity index (χ0v) is 9.19. The number of fused-ring (bicyclic) bond motifs is 2. The third-order valence-corrected chi connectivity index (χ3v) is 4.25. The maximum absolute atomic E-state index is 12.0. The standard InChI is InChI=1S/C12H16O4/c13-11-9(5-6-15-11)16-12(14)10-7-1-2-8(10)4-3-7/h7-10H,1-6H2. The highest BCUT2D eigenvalue weighted by molar-refractivity contribution is 5.82. The molecule has 0 amide bonds. The number of hydrogen-bond acceptors (Lipinski definition) is 4. The van der Waals surface area contributed by atoms with Crippen LogP contribution in [0.1, 0.15) is 32.1 Å². The summed E-state index contributed by atoms with van der Waals surface area (Å²) in [5.41, 5.74) is 0. The highest BCUT2D eigenvalue weighted by atomic mass is 16.6. The molecule has 1 heterocycles. The van der Waals surface area contributed by atoms with Gasteiger partial charge in [-0.25, -0.2) is 4.79 Å². The number of cyclic esters (lactones) is 1. The van der Waals surface area contributed by atoms with Gasteiger partial charge in [0.2, 0.25) is 6.10 Å². The molecular formula is C12H16O4. The SMILES string of the molecule is O=C1OCCC1OC(=O)C1C2CCC1CC2. The molecular weight excluding hydrogens is 208 g/mol. The molecule has 0 aromatic heterocycles. The Morgan fingerprint density at radius 3 is 2.25 bits per heavy atom. The fourth-order valence-corrected chi connectivity index (χ4v) is 3.44. The van der Waals surface area contributed by atoms with Crippen LogP contribution >= 0.6 is 0 Å². The summed E-state index contributed by atoms with van der Waals surface area (Å²) in [6.07, 6.45) is 4.50. The van der Waals surface area contributed by atoms with E-state index in [-0.39, 0.29) is 17.9 Å². The second-order valence-corrected chi connectivity index (χ2v) is 5.08. The number of esters is 2. The van der Waals surface area contributed by atoms with Crippen molar-refractivity contribution >= 4 is 11.9 Å². The fraction of sp³-hybridized carbons (Fsp3) is 0.833. The maximum atomic E-state index is 12.0. The summed E-state index contributed by atoms with van der Waals surface area (Å²) in [4.78, 5) is 23.2. The predicted molar refractivity (Wildman–Crippen MR) is 54.4 cm³/mol. The lowest BCUT2D eigenvalue weighted by Crippen LogP contribution is -2.29. The Morgan fingerprint density at radius 1 is 1.12 bits per heavy atom. The molecule has 0 aromatic carbocycles. The number of carbonyl (C=O) groups is 2. The van der Waals surface area contributed by atoms with E-state index >= 15 is 0 Å². The molecule has 4 heteroatoms. The quantitative estimate of drug-likeness (QED) is 0.663. The molecule has 2 bridgehead atoms. The normalized spacial score (nSPS) is 41.1. The molecule has 4 nitrogen and oxygen atoms in total. The molecule has 3 rings (SSSR count). The van der Waals surface area contributed by atoms with Crippen molar-refractivity contribution in [2.45, 2.75) is 38.2 Å². The van der Waals surface area contributed by atoms with Gasteiger partial charge < -0.3 is 9.47 Å². The van der Waals surface area contributed by atoms with Gasteiger partial charge in [0.1, 0.15) is 0 Å². The van der Waals surface area contributed by atoms with Crippen molar-refractivity contribution in [1.29, 1.82) is 0 Å². The van der Waals surface area contributed by atoms with E-state index in [0.717, 1.165) is 25.7 Å². The van der Waals surface area contributed by atoms with Crippen molar-refractivity contribution in [3.05, 3.63) is 0 Å². The van der Waals surface area contributed by atoms with E-state index in [2.05, 4.69) is 0 Å². The van der Waals surface area contributed by atoms with Crippen LogP contribution in [-0.4, -0.2) is 24.6 Å². The van der Waals surface area contributed by atoms with E-state index in [0.29, 0.717) is 24.9 Å². The zero-order chi connectivity index (χ0) is 11.1. The molecule has 3 fully saturated rings. The van der Waals surface area contributed by atoms with Crippen LogP contribution in [0.4, 0.5) is 0 Å². The Kier molecular flexibility index (Phi) is 2.37. The molecule has 2 saturated carbocycles. The third-order valence-electron chi connectivity index (χ3n) is 4.25. The van der Waals surface area contributed by atoms with Gasteiger partial charge in [-0.1, -0.05) is 0 Å². The van der Waals surface area contributed by atoms with Gasteiger partial charge in [0, 0.05) is 6.42 Å². The Balaban J connectivity index is 1.63. The summed E-state index contributed by atoms with van der Waals surface area (Å²) in [6, 6.07) is 0. The van der Waals surface area contributed by atoms with Crippen molar-refractivity contribution in [1.82, 2.24) is 0 Å². The number of carbonyl (C=O) groups excluding carboxylic acids is 2. The lowest BCUT2D eigenvalue weighted by molar-refractivity contribution is -0.164. The fourth-order valence-electron chi connectivity index (χ4n) is 3.44. The van der Waals surface area contributed by atoms with Crippen molar-refractivity contribution in [2.75, 3.05) is 6.61 Å².